The SMILES string of the molecule is COC(=O)C1=C(C)N(c2cccc(C(F)(F)F)c2)c2n[nH]c(=O)n2C1c1ccc(C#N)cc1CCC[N+]1(C)CCOCC1.O=C[O-]. The van der Waals surface area contributed by atoms with Crippen molar-refractivity contribution >= 4 is 24.1 Å². The van der Waals surface area contributed by atoms with Gasteiger partial charge in [-0.15, -0.1) is 5.10 Å². The van der Waals surface area contributed by atoms with Crippen molar-refractivity contribution in [3.05, 3.63) is 86.5 Å². The van der Waals surface area contributed by atoms with E-state index in [0.717, 1.165) is 48.2 Å². The van der Waals surface area contributed by atoms with Crippen LogP contribution < -0.4 is 15.7 Å². The van der Waals surface area contributed by atoms with E-state index in [0.29, 0.717) is 30.8 Å². The lowest BCUT2D eigenvalue weighted by atomic mass is 9.88. The van der Waals surface area contributed by atoms with Crippen LogP contribution in [0.15, 0.2) is 58.5 Å². The minimum absolute atomic E-state index is 0.0150. The number of morpholine rings is 1. The Morgan fingerprint density at radius 3 is 2.59 bits per heavy atom. The van der Waals surface area contributed by atoms with Gasteiger partial charge in [-0.05, 0) is 54.8 Å². The number of benzene rings is 2. The Morgan fingerprint density at radius 1 is 1.26 bits per heavy atom. The number of nitriles is 1. The van der Waals surface area contributed by atoms with Crippen LogP contribution in [-0.4, -0.2) is 78.7 Å². The number of anilines is 2. The van der Waals surface area contributed by atoms with Crippen molar-refractivity contribution in [2.75, 3.05) is 51.9 Å². The first-order chi connectivity index (χ1) is 21.9. The first kappa shape index (κ1) is 33.9. The van der Waals surface area contributed by atoms with Gasteiger partial charge in [-0.2, -0.15) is 18.4 Å². The number of alkyl halides is 3. The van der Waals surface area contributed by atoms with Crippen LogP contribution in [0.3, 0.4) is 0 Å². The molecular weight excluding hydrogens is 609 g/mol. The summed E-state index contributed by atoms with van der Waals surface area (Å²) in [7, 11) is 3.38. The van der Waals surface area contributed by atoms with Crippen LogP contribution in [0.5, 0.6) is 0 Å². The highest BCUT2D eigenvalue weighted by atomic mass is 19.4. The zero-order chi connectivity index (χ0) is 33.6. The predicted molar refractivity (Wildman–Crippen MR) is 156 cm³/mol. The van der Waals surface area contributed by atoms with Crippen molar-refractivity contribution < 1.29 is 41.8 Å². The number of nitrogens with one attached hydrogen (secondary N) is 1. The molecule has 0 spiro atoms. The Labute approximate surface area is 262 Å². The van der Waals surface area contributed by atoms with E-state index in [1.165, 1.54) is 28.7 Å². The summed E-state index contributed by atoms with van der Waals surface area (Å²) in [6, 6.07) is 10.8. The smallest absolute Gasteiger partial charge is 0.416 e. The minimum Gasteiger partial charge on any atom is -0.554 e. The number of likely N-dealkylation sites (N-methyl/N-ethyl adjacent to an activating group) is 1. The molecule has 0 saturated carbocycles. The van der Waals surface area contributed by atoms with Gasteiger partial charge in [0.05, 0.1) is 56.7 Å². The average Bonchev–Trinajstić information content (AvgIpc) is 3.41. The number of fused-ring (bicyclic) bond motifs is 1. The number of esters is 1. The number of methoxy groups -OCH3 is 1. The van der Waals surface area contributed by atoms with Gasteiger partial charge in [0, 0.05) is 24.3 Å². The lowest BCUT2D eigenvalue weighted by Crippen LogP contribution is -2.52. The molecule has 244 valence electrons. The topological polar surface area (TPSA) is 153 Å². The van der Waals surface area contributed by atoms with Crippen molar-refractivity contribution in [3.63, 3.8) is 0 Å². The number of aromatic nitrogens is 3. The summed E-state index contributed by atoms with van der Waals surface area (Å²) in [5, 5.41) is 24.5. The van der Waals surface area contributed by atoms with Gasteiger partial charge < -0.3 is 23.9 Å². The molecule has 12 nitrogen and oxygen atoms in total. The molecule has 1 unspecified atom stereocenters. The van der Waals surface area contributed by atoms with E-state index in [-0.39, 0.29) is 22.9 Å². The minimum atomic E-state index is -4.61. The molecule has 2 aromatic carbocycles. The molecule has 1 atom stereocenters. The van der Waals surface area contributed by atoms with Crippen LogP contribution >= 0.6 is 0 Å². The fourth-order valence-corrected chi connectivity index (χ4v) is 5.90. The van der Waals surface area contributed by atoms with Crippen LogP contribution in [0.2, 0.25) is 0 Å². The molecule has 1 N–H and O–H groups in total. The zero-order valence-electron chi connectivity index (χ0n) is 25.5. The normalized spacial score (nSPS) is 17.3. The van der Waals surface area contributed by atoms with Crippen LogP contribution in [0.25, 0.3) is 0 Å². The highest BCUT2D eigenvalue weighted by molar-refractivity contribution is 5.93. The van der Waals surface area contributed by atoms with Crippen molar-refractivity contribution in [1.29, 1.82) is 5.26 Å². The fraction of sp³-hybridized carbons (Fsp3) is 0.387. The van der Waals surface area contributed by atoms with Crippen LogP contribution in [-0.2, 0) is 31.7 Å². The van der Waals surface area contributed by atoms with Crippen molar-refractivity contribution in [2.24, 2.45) is 0 Å². The highest BCUT2D eigenvalue weighted by Crippen LogP contribution is 2.43. The van der Waals surface area contributed by atoms with Crippen molar-refractivity contribution in [1.82, 2.24) is 14.8 Å². The molecule has 0 bridgehead atoms. The predicted octanol–water partition coefficient (Wildman–Crippen LogP) is 2.43. The van der Waals surface area contributed by atoms with Gasteiger partial charge in [0.1, 0.15) is 19.1 Å². The summed E-state index contributed by atoms with van der Waals surface area (Å²) < 4.78 is 53.6. The second kappa shape index (κ2) is 14.0. The molecule has 0 amide bonds. The van der Waals surface area contributed by atoms with E-state index >= 15 is 0 Å². The number of nitrogens with zero attached hydrogens (tertiary/aromatic N) is 5. The second-order valence-corrected chi connectivity index (χ2v) is 11.1. The maximum atomic E-state index is 13.6. The fourth-order valence-electron chi connectivity index (χ4n) is 5.90. The third-order valence-electron chi connectivity index (χ3n) is 8.24. The molecular formula is C31H33F3N6O6. The third kappa shape index (κ3) is 6.98. The summed E-state index contributed by atoms with van der Waals surface area (Å²) in [5.74, 6) is -0.735. The molecule has 1 saturated heterocycles. The first-order valence-corrected chi connectivity index (χ1v) is 14.3. The number of carboxylic acid groups (broad SMARTS) is 1. The van der Waals surface area contributed by atoms with Gasteiger partial charge in [0.15, 0.2) is 0 Å². The summed E-state index contributed by atoms with van der Waals surface area (Å²) in [6.07, 6.45) is -3.28. The maximum Gasteiger partial charge on any atom is 0.416 e. The first-order valence-electron chi connectivity index (χ1n) is 14.3. The number of quaternary nitrogens is 1. The Balaban J connectivity index is 0.00000154. The Hall–Kier alpha value is -4.94. The van der Waals surface area contributed by atoms with Gasteiger partial charge in [-0.25, -0.2) is 19.3 Å². The van der Waals surface area contributed by atoms with E-state index in [1.807, 2.05) is 0 Å². The Bertz CT molecular complexity index is 1720. The number of allylic oxidation sites excluding steroid dienone is 1. The molecule has 2 aliphatic rings. The lowest BCUT2D eigenvalue weighted by molar-refractivity contribution is -0.917. The summed E-state index contributed by atoms with van der Waals surface area (Å²) >= 11 is 0. The average molecular weight is 643 g/mol. The van der Waals surface area contributed by atoms with E-state index in [9.17, 15) is 28.0 Å². The van der Waals surface area contributed by atoms with Crippen molar-refractivity contribution in [2.45, 2.75) is 32.0 Å². The molecule has 3 aromatic rings. The molecule has 5 rings (SSSR count). The van der Waals surface area contributed by atoms with Gasteiger partial charge in [0.2, 0.25) is 5.95 Å². The Morgan fingerprint density at radius 2 is 1.96 bits per heavy atom. The molecule has 2 aliphatic heterocycles. The zero-order valence-corrected chi connectivity index (χ0v) is 25.5. The van der Waals surface area contributed by atoms with Gasteiger partial charge in [0.25, 0.3) is 0 Å². The van der Waals surface area contributed by atoms with E-state index in [1.54, 1.807) is 25.1 Å². The van der Waals surface area contributed by atoms with Crippen molar-refractivity contribution in [3.8, 4) is 6.07 Å². The highest BCUT2D eigenvalue weighted by Gasteiger charge is 2.41. The number of aryl methyl sites for hydroxylation is 1. The number of carbonyl (C=O) groups is 2. The largest absolute Gasteiger partial charge is 0.554 e. The molecule has 46 heavy (non-hydrogen) atoms. The standard InChI is InChI=1S/C30H31F3N6O4.CH2O2/c1-19-25(27(40)42-3)26(24-10-9-20(18-34)16-21(24)6-5-11-39(2)12-14-43-15-13-39)38-28(35-36-29(38)41)37(19)23-8-4-7-22(17-23)30(31,32)33;2-1-3/h4,7-10,16-17,26H,5-6,11-15H2,1-3H3;1H,(H,2,3). The second-order valence-electron chi connectivity index (χ2n) is 11.1. The number of aromatic amines is 1. The quantitative estimate of drug-likeness (QED) is 0.233. The maximum absolute atomic E-state index is 13.6. The van der Waals surface area contributed by atoms with Crippen LogP contribution in [0, 0.1) is 11.3 Å². The number of ether oxygens (including phenoxy) is 2. The summed E-state index contributed by atoms with van der Waals surface area (Å²) in [5.41, 5.74) is 0.615. The van der Waals surface area contributed by atoms with Crippen LogP contribution in [0.1, 0.15) is 41.6 Å². The number of hydrogen-bond acceptors (Lipinski definition) is 9. The number of rotatable bonds is 7. The third-order valence-corrected chi connectivity index (χ3v) is 8.24. The van der Waals surface area contributed by atoms with Gasteiger partial charge in [-0.1, -0.05) is 12.1 Å². The van der Waals surface area contributed by atoms with Gasteiger partial charge >= 0.3 is 17.8 Å². The van der Waals surface area contributed by atoms with E-state index in [2.05, 4.69) is 23.3 Å². The number of H-pyrrole nitrogens is 1. The van der Waals surface area contributed by atoms with Crippen LogP contribution in [0.4, 0.5) is 24.8 Å². The number of halogens is 3. The molecule has 1 fully saturated rings. The molecule has 15 heteroatoms. The van der Waals surface area contributed by atoms with E-state index in [4.69, 9.17) is 19.4 Å². The molecule has 3 heterocycles. The van der Waals surface area contributed by atoms with Gasteiger partial charge in [-0.3, -0.25) is 4.90 Å². The summed E-state index contributed by atoms with van der Waals surface area (Å²) in [4.78, 5) is 36.3. The van der Waals surface area contributed by atoms with E-state index < -0.39 is 35.9 Å². The lowest BCUT2D eigenvalue weighted by Gasteiger charge is -2.38. The number of carbonyl (C=O) groups excluding carboxylic acids is 2. The monoisotopic (exact) mass is 642 g/mol. The Kier molecular flexibility index (Phi) is 10.3. The summed E-state index contributed by atoms with van der Waals surface area (Å²) in [6.45, 7) is 5.10. The number of hydrogen-bond donors (Lipinski definition) is 1. The molecule has 0 aliphatic carbocycles. The molecule has 1 aromatic heterocycles. The molecule has 0 radical (unpaired) electrons.